The largest absolute Gasteiger partial charge is 0.507 e. The number of Topliss-reactive ketones (excluding diaryl/α,β-unsaturated/α-hetero) is 1. The Labute approximate surface area is 186 Å². The number of rotatable bonds is 7. The van der Waals surface area contributed by atoms with Crippen LogP contribution in [0, 0.1) is 10.1 Å². The monoisotopic (exact) mass is 437 g/mol. The molecule has 0 aromatic heterocycles. The summed E-state index contributed by atoms with van der Waals surface area (Å²) in [7, 11) is 3.75. The summed E-state index contributed by atoms with van der Waals surface area (Å²) in [4.78, 5) is 39.7. The molecule has 2 aromatic rings. The molecular formula is C24H27N3O5. The van der Waals surface area contributed by atoms with E-state index in [-0.39, 0.29) is 22.6 Å². The molecule has 0 bridgehead atoms. The van der Waals surface area contributed by atoms with Gasteiger partial charge < -0.3 is 14.9 Å². The van der Waals surface area contributed by atoms with Crippen LogP contribution in [-0.2, 0) is 9.59 Å². The molecule has 0 radical (unpaired) electrons. The number of likely N-dealkylation sites (tertiary alicyclic amines) is 1. The summed E-state index contributed by atoms with van der Waals surface area (Å²) in [5.74, 6) is -1.46. The summed E-state index contributed by atoms with van der Waals surface area (Å²) < 4.78 is 0. The van der Waals surface area contributed by atoms with Crippen molar-refractivity contribution in [3.63, 3.8) is 0 Å². The fourth-order valence-corrected chi connectivity index (χ4v) is 3.72. The lowest BCUT2D eigenvalue weighted by Gasteiger charge is -2.27. The van der Waals surface area contributed by atoms with Crippen LogP contribution < -0.4 is 0 Å². The Morgan fingerprint density at radius 1 is 1.09 bits per heavy atom. The SMILES string of the molecule is CC(C)c1ccc(C2/C(=C(/O)c3ccc([N+](=O)[O-])cc3)C(=O)C(=O)N2CCN(C)C)cc1. The number of nitro groups is 1. The van der Waals surface area contributed by atoms with Gasteiger partial charge in [0.2, 0.25) is 0 Å². The standard InChI is InChI=1S/C24H27N3O5/c1-15(2)16-5-7-17(8-6-16)21-20(23(29)24(30)26(21)14-13-25(3)4)22(28)18-9-11-19(12-10-18)27(31)32/h5-12,15,21,28H,13-14H2,1-4H3/b22-20-. The van der Waals surface area contributed by atoms with Crippen molar-refractivity contribution in [2.75, 3.05) is 27.2 Å². The Morgan fingerprint density at radius 2 is 1.69 bits per heavy atom. The maximum Gasteiger partial charge on any atom is 0.295 e. The lowest BCUT2D eigenvalue weighted by molar-refractivity contribution is -0.384. The van der Waals surface area contributed by atoms with Gasteiger partial charge >= 0.3 is 0 Å². The number of likely N-dealkylation sites (N-methyl/N-ethyl adjacent to an activating group) is 1. The molecule has 1 atom stereocenters. The van der Waals surface area contributed by atoms with Gasteiger partial charge in [0, 0.05) is 30.8 Å². The van der Waals surface area contributed by atoms with E-state index in [9.17, 15) is 24.8 Å². The first-order valence-electron chi connectivity index (χ1n) is 10.4. The molecule has 1 amide bonds. The van der Waals surface area contributed by atoms with Gasteiger partial charge in [-0.05, 0) is 43.3 Å². The number of nitrogens with zero attached hydrogens (tertiary/aromatic N) is 3. The van der Waals surface area contributed by atoms with Crippen molar-refractivity contribution in [1.29, 1.82) is 0 Å². The maximum atomic E-state index is 13.0. The lowest BCUT2D eigenvalue weighted by atomic mass is 9.93. The molecular weight excluding hydrogens is 410 g/mol. The Kier molecular flexibility index (Phi) is 6.74. The summed E-state index contributed by atoms with van der Waals surface area (Å²) >= 11 is 0. The Morgan fingerprint density at radius 3 is 2.19 bits per heavy atom. The van der Waals surface area contributed by atoms with Crippen LogP contribution in [0.4, 0.5) is 5.69 Å². The van der Waals surface area contributed by atoms with Crippen molar-refractivity contribution < 1.29 is 19.6 Å². The number of nitro benzene ring substituents is 1. The minimum absolute atomic E-state index is 0.0140. The molecule has 1 saturated heterocycles. The van der Waals surface area contributed by atoms with Gasteiger partial charge in [0.25, 0.3) is 17.4 Å². The molecule has 1 unspecified atom stereocenters. The minimum Gasteiger partial charge on any atom is -0.507 e. The second-order valence-electron chi connectivity index (χ2n) is 8.42. The number of amides is 1. The number of hydrogen-bond donors (Lipinski definition) is 1. The highest BCUT2D eigenvalue weighted by Gasteiger charge is 2.45. The highest BCUT2D eigenvalue weighted by atomic mass is 16.6. The van der Waals surface area contributed by atoms with E-state index in [2.05, 4.69) is 13.8 Å². The van der Waals surface area contributed by atoms with Gasteiger partial charge in [-0.1, -0.05) is 38.1 Å². The van der Waals surface area contributed by atoms with Crippen molar-refractivity contribution in [3.8, 4) is 0 Å². The number of carbonyl (C=O) groups is 2. The normalized spacial score (nSPS) is 18.1. The summed E-state index contributed by atoms with van der Waals surface area (Å²) in [6.07, 6.45) is 0. The van der Waals surface area contributed by atoms with Crippen LogP contribution >= 0.6 is 0 Å². The summed E-state index contributed by atoms with van der Waals surface area (Å²) in [6, 6.07) is 12.2. The zero-order valence-corrected chi connectivity index (χ0v) is 18.6. The van der Waals surface area contributed by atoms with Crippen LogP contribution in [-0.4, -0.2) is 58.7 Å². The number of ketones is 1. The first-order chi connectivity index (χ1) is 15.1. The van der Waals surface area contributed by atoms with Crippen LogP contribution in [0.2, 0.25) is 0 Å². The highest BCUT2D eigenvalue weighted by molar-refractivity contribution is 6.46. The third-order valence-corrected chi connectivity index (χ3v) is 5.60. The van der Waals surface area contributed by atoms with Gasteiger partial charge in [0.05, 0.1) is 16.5 Å². The van der Waals surface area contributed by atoms with E-state index >= 15 is 0 Å². The number of non-ortho nitro benzene ring substituents is 1. The number of carbonyl (C=O) groups excluding carboxylic acids is 2. The molecule has 1 N–H and O–H groups in total. The molecule has 0 saturated carbocycles. The molecule has 0 spiro atoms. The highest BCUT2D eigenvalue weighted by Crippen LogP contribution is 2.39. The molecule has 8 nitrogen and oxygen atoms in total. The fourth-order valence-electron chi connectivity index (χ4n) is 3.72. The maximum absolute atomic E-state index is 13.0. The van der Waals surface area contributed by atoms with Gasteiger partial charge in [0.1, 0.15) is 5.76 Å². The van der Waals surface area contributed by atoms with E-state index in [1.807, 2.05) is 43.3 Å². The van der Waals surface area contributed by atoms with Crippen molar-refractivity contribution in [2.24, 2.45) is 0 Å². The predicted molar refractivity (Wildman–Crippen MR) is 121 cm³/mol. The summed E-state index contributed by atoms with van der Waals surface area (Å²) in [5.41, 5.74) is 1.93. The molecule has 1 aliphatic rings. The first-order valence-corrected chi connectivity index (χ1v) is 10.4. The molecule has 168 valence electrons. The van der Waals surface area contributed by atoms with Crippen molar-refractivity contribution in [3.05, 3.63) is 80.9 Å². The number of hydrogen-bond acceptors (Lipinski definition) is 6. The van der Waals surface area contributed by atoms with Crippen LogP contribution in [0.25, 0.3) is 5.76 Å². The zero-order chi connectivity index (χ0) is 23.6. The predicted octanol–water partition coefficient (Wildman–Crippen LogP) is 3.70. The Balaban J connectivity index is 2.11. The number of aliphatic hydroxyl groups is 1. The Hall–Kier alpha value is -3.52. The smallest absolute Gasteiger partial charge is 0.295 e. The van der Waals surface area contributed by atoms with Crippen molar-refractivity contribution in [1.82, 2.24) is 9.80 Å². The molecule has 32 heavy (non-hydrogen) atoms. The van der Waals surface area contributed by atoms with Gasteiger partial charge in [-0.25, -0.2) is 0 Å². The second kappa shape index (κ2) is 9.32. The van der Waals surface area contributed by atoms with Crippen molar-refractivity contribution >= 4 is 23.1 Å². The van der Waals surface area contributed by atoms with Crippen LogP contribution in [0.15, 0.2) is 54.1 Å². The van der Waals surface area contributed by atoms with Gasteiger partial charge in [-0.3, -0.25) is 19.7 Å². The van der Waals surface area contributed by atoms with Gasteiger partial charge in [0.15, 0.2) is 0 Å². The average Bonchev–Trinajstić information content (AvgIpc) is 3.02. The van der Waals surface area contributed by atoms with E-state index in [0.29, 0.717) is 19.0 Å². The van der Waals surface area contributed by atoms with Crippen LogP contribution in [0.5, 0.6) is 0 Å². The summed E-state index contributed by atoms with van der Waals surface area (Å²) in [5, 5.41) is 21.9. The molecule has 8 heteroatoms. The van der Waals surface area contributed by atoms with Crippen LogP contribution in [0.1, 0.15) is 42.5 Å². The molecule has 2 aromatic carbocycles. The minimum atomic E-state index is -0.766. The molecule has 1 aliphatic heterocycles. The molecule has 0 aliphatic carbocycles. The number of aliphatic hydroxyl groups excluding tert-OH is 1. The topological polar surface area (TPSA) is 104 Å². The fraction of sp³-hybridized carbons (Fsp3) is 0.333. The zero-order valence-electron chi connectivity index (χ0n) is 18.6. The van der Waals surface area contributed by atoms with Crippen molar-refractivity contribution in [2.45, 2.75) is 25.8 Å². The van der Waals surface area contributed by atoms with Gasteiger partial charge in [-0.15, -0.1) is 0 Å². The molecule has 1 heterocycles. The van der Waals surface area contributed by atoms with E-state index in [1.165, 1.54) is 29.2 Å². The van der Waals surface area contributed by atoms with E-state index in [4.69, 9.17) is 0 Å². The quantitative estimate of drug-likeness (QED) is 0.233. The van der Waals surface area contributed by atoms with E-state index in [0.717, 1.165) is 11.1 Å². The first kappa shape index (κ1) is 23.1. The lowest BCUT2D eigenvalue weighted by Crippen LogP contribution is -2.35. The third-order valence-electron chi connectivity index (χ3n) is 5.60. The van der Waals surface area contributed by atoms with E-state index in [1.54, 1.807) is 0 Å². The molecule has 3 rings (SSSR count). The third kappa shape index (κ3) is 4.55. The summed E-state index contributed by atoms with van der Waals surface area (Å²) in [6.45, 7) is 5.01. The number of benzene rings is 2. The van der Waals surface area contributed by atoms with E-state index < -0.39 is 22.7 Å². The average molecular weight is 437 g/mol. The van der Waals surface area contributed by atoms with Gasteiger partial charge in [-0.2, -0.15) is 0 Å². The molecule has 1 fully saturated rings. The Bertz CT molecular complexity index is 1060. The second-order valence-corrected chi connectivity index (χ2v) is 8.42. The van der Waals surface area contributed by atoms with Crippen LogP contribution in [0.3, 0.4) is 0 Å².